The molecule has 66 valence electrons. The van der Waals surface area contributed by atoms with Gasteiger partial charge in [0.15, 0.2) is 0 Å². The maximum Gasteiger partial charge on any atom is 0.248 e. The molecule has 0 unspecified atom stereocenters. The van der Waals surface area contributed by atoms with Gasteiger partial charge in [0.1, 0.15) is 0 Å². The summed E-state index contributed by atoms with van der Waals surface area (Å²) in [6.07, 6.45) is 0.235. The lowest BCUT2D eigenvalue weighted by molar-refractivity contribution is -0.128. The van der Waals surface area contributed by atoms with Crippen molar-refractivity contribution in [1.29, 1.82) is 0 Å². The Labute approximate surface area is 67.0 Å². The molecule has 1 aliphatic rings. The van der Waals surface area contributed by atoms with Crippen LogP contribution in [-0.4, -0.2) is 5.92 Å². The molecule has 0 aromatic heterocycles. The Balaban J connectivity index is 2.32. The second-order valence-electron chi connectivity index (χ2n) is 4.13. The first-order chi connectivity index (χ1) is 4.92. The topological polar surface area (TPSA) is 0 Å². The Hall–Kier alpha value is -0.140. The number of halogens is 2. The highest BCUT2D eigenvalue weighted by atomic mass is 19.3. The van der Waals surface area contributed by atoms with Gasteiger partial charge in [0.2, 0.25) is 5.92 Å². The molecule has 1 aliphatic carbocycles. The van der Waals surface area contributed by atoms with E-state index in [1.807, 2.05) is 0 Å². The Kier molecular flexibility index (Phi) is 2.22. The van der Waals surface area contributed by atoms with Crippen molar-refractivity contribution < 1.29 is 8.78 Å². The minimum atomic E-state index is -2.34. The van der Waals surface area contributed by atoms with Gasteiger partial charge in [0.25, 0.3) is 0 Å². The molecule has 0 heterocycles. The second-order valence-corrected chi connectivity index (χ2v) is 4.13. The van der Waals surface area contributed by atoms with Crippen molar-refractivity contribution in [3.8, 4) is 0 Å². The number of alkyl halides is 2. The summed E-state index contributed by atoms with van der Waals surface area (Å²) in [5, 5.41) is 0. The fraction of sp³-hybridized carbons (Fsp3) is 1.00. The SMILES string of the molecule is CC(C)[C@@H](C)C1CC(F)(F)C1. The van der Waals surface area contributed by atoms with Crippen molar-refractivity contribution in [1.82, 2.24) is 0 Å². The maximum atomic E-state index is 12.4. The van der Waals surface area contributed by atoms with Gasteiger partial charge in [-0.05, 0) is 17.8 Å². The van der Waals surface area contributed by atoms with E-state index in [4.69, 9.17) is 0 Å². The zero-order chi connectivity index (χ0) is 8.65. The van der Waals surface area contributed by atoms with Gasteiger partial charge < -0.3 is 0 Å². The molecule has 0 N–H and O–H groups in total. The Morgan fingerprint density at radius 2 is 1.64 bits per heavy atom. The lowest BCUT2D eigenvalue weighted by Gasteiger charge is -2.40. The Morgan fingerprint density at radius 3 is 1.91 bits per heavy atom. The Morgan fingerprint density at radius 1 is 1.18 bits per heavy atom. The van der Waals surface area contributed by atoms with E-state index in [9.17, 15) is 8.78 Å². The molecule has 1 saturated carbocycles. The van der Waals surface area contributed by atoms with Gasteiger partial charge >= 0.3 is 0 Å². The van der Waals surface area contributed by atoms with Crippen molar-refractivity contribution in [2.24, 2.45) is 17.8 Å². The lowest BCUT2D eigenvalue weighted by atomic mass is 9.70. The van der Waals surface area contributed by atoms with Crippen LogP contribution in [0.4, 0.5) is 8.78 Å². The monoisotopic (exact) mass is 162 g/mol. The molecule has 0 aromatic carbocycles. The highest BCUT2D eigenvalue weighted by Gasteiger charge is 2.47. The van der Waals surface area contributed by atoms with Gasteiger partial charge in [-0.3, -0.25) is 0 Å². The molecule has 11 heavy (non-hydrogen) atoms. The highest BCUT2D eigenvalue weighted by Crippen LogP contribution is 2.47. The number of rotatable bonds is 2. The van der Waals surface area contributed by atoms with E-state index in [2.05, 4.69) is 20.8 Å². The van der Waals surface area contributed by atoms with Crippen molar-refractivity contribution >= 4 is 0 Å². The van der Waals surface area contributed by atoms with E-state index in [1.54, 1.807) is 0 Å². The van der Waals surface area contributed by atoms with Crippen molar-refractivity contribution in [2.45, 2.75) is 39.5 Å². The predicted molar refractivity (Wildman–Crippen MR) is 41.7 cm³/mol. The summed E-state index contributed by atoms with van der Waals surface area (Å²) in [6.45, 7) is 6.27. The molecule has 0 spiro atoms. The van der Waals surface area contributed by atoms with Crippen LogP contribution in [0.1, 0.15) is 33.6 Å². The van der Waals surface area contributed by atoms with E-state index in [0.29, 0.717) is 11.8 Å². The van der Waals surface area contributed by atoms with Gasteiger partial charge in [-0.15, -0.1) is 0 Å². The summed E-state index contributed by atoms with van der Waals surface area (Å²) in [7, 11) is 0. The van der Waals surface area contributed by atoms with Crippen LogP contribution in [0.25, 0.3) is 0 Å². The summed E-state index contributed by atoms with van der Waals surface area (Å²) in [5.41, 5.74) is 0. The molecular weight excluding hydrogens is 146 g/mol. The van der Waals surface area contributed by atoms with E-state index >= 15 is 0 Å². The first-order valence-corrected chi connectivity index (χ1v) is 4.30. The van der Waals surface area contributed by atoms with E-state index in [1.165, 1.54) is 0 Å². The standard InChI is InChI=1S/C9H16F2/c1-6(2)7(3)8-4-9(10,11)5-8/h6-8H,4-5H2,1-3H3/t7-/m1/s1. The third kappa shape index (κ3) is 1.91. The van der Waals surface area contributed by atoms with Gasteiger partial charge in [-0.2, -0.15) is 0 Å². The Bertz CT molecular complexity index is 132. The molecule has 0 aromatic rings. The second kappa shape index (κ2) is 2.72. The molecule has 0 aliphatic heterocycles. The normalized spacial score (nSPS) is 26.7. The van der Waals surface area contributed by atoms with Crippen LogP contribution in [0.2, 0.25) is 0 Å². The summed E-state index contributed by atoms with van der Waals surface area (Å²) >= 11 is 0. The van der Waals surface area contributed by atoms with Crippen LogP contribution in [-0.2, 0) is 0 Å². The predicted octanol–water partition coefficient (Wildman–Crippen LogP) is 3.32. The number of hydrogen-bond donors (Lipinski definition) is 0. The minimum Gasteiger partial charge on any atom is -0.207 e. The molecule has 0 nitrogen and oxygen atoms in total. The quantitative estimate of drug-likeness (QED) is 0.584. The molecule has 2 heteroatoms. The minimum absolute atomic E-state index is 0.117. The van der Waals surface area contributed by atoms with Gasteiger partial charge in [-0.25, -0.2) is 8.78 Å². The molecule has 0 amide bonds. The van der Waals surface area contributed by atoms with Crippen LogP contribution in [0.5, 0.6) is 0 Å². The molecular formula is C9H16F2. The van der Waals surface area contributed by atoms with Crippen LogP contribution in [0.3, 0.4) is 0 Å². The highest BCUT2D eigenvalue weighted by molar-refractivity contribution is 4.89. The fourth-order valence-electron chi connectivity index (χ4n) is 1.62. The average Bonchev–Trinajstić information content (AvgIpc) is 1.80. The maximum absolute atomic E-state index is 12.4. The smallest absolute Gasteiger partial charge is 0.207 e. The van der Waals surface area contributed by atoms with Crippen LogP contribution in [0, 0.1) is 17.8 Å². The van der Waals surface area contributed by atoms with Crippen LogP contribution < -0.4 is 0 Å². The zero-order valence-electron chi connectivity index (χ0n) is 7.40. The molecule has 1 fully saturated rings. The summed E-state index contributed by atoms with van der Waals surface area (Å²) < 4.78 is 24.8. The first kappa shape index (κ1) is 8.95. The number of hydrogen-bond acceptors (Lipinski definition) is 0. The molecule has 0 bridgehead atoms. The molecule has 0 radical (unpaired) electrons. The summed E-state index contributed by atoms with van der Waals surface area (Å²) in [4.78, 5) is 0. The van der Waals surface area contributed by atoms with Crippen molar-refractivity contribution in [2.75, 3.05) is 0 Å². The zero-order valence-corrected chi connectivity index (χ0v) is 7.40. The van der Waals surface area contributed by atoms with Crippen molar-refractivity contribution in [3.05, 3.63) is 0 Å². The molecule has 1 atom stereocenters. The average molecular weight is 162 g/mol. The lowest BCUT2D eigenvalue weighted by Crippen LogP contribution is -2.40. The van der Waals surface area contributed by atoms with Gasteiger partial charge in [-0.1, -0.05) is 20.8 Å². The molecule has 0 saturated heterocycles. The van der Waals surface area contributed by atoms with Crippen LogP contribution in [0.15, 0.2) is 0 Å². The van der Waals surface area contributed by atoms with Gasteiger partial charge in [0, 0.05) is 12.8 Å². The first-order valence-electron chi connectivity index (χ1n) is 4.30. The third-order valence-corrected chi connectivity index (χ3v) is 2.92. The molecule has 1 rings (SSSR count). The summed E-state index contributed by atoms with van der Waals surface area (Å²) in [5.74, 6) is -1.08. The third-order valence-electron chi connectivity index (χ3n) is 2.92. The van der Waals surface area contributed by atoms with Crippen molar-refractivity contribution in [3.63, 3.8) is 0 Å². The van der Waals surface area contributed by atoms with E-state index < -0.39 is 5.92 Å². The van der Waals surface area contributed by atoms with Gasteiger partial charge in [0.05, 0.1) is 0 Å². The largest absolute Gasteiger partial charge is 0.248 e. The van der Waals surface area contributed by atoms with Crippen LogP contribution >= 0.6 is 0 Å². The summed E-state index contributed by atoms with van der Waals surface area (Å²) in [6, 6.07) is 0. The fourth-order valence-corrected chi connectivity index (χ4v) is 1.62. The van der Waals surface area contributed by atoms with E-state index in [0.717, 1.165) is 0 Å². The van der Waals surface area contributed by atoms with E-state index in [-0.39, 0.29) is 18.8 Å².